The summed E-state index contributed by atoms with van der Waals surface area (Å²) in [5.41, 5.74) is 2.28. The minimum Gasteiger partial charge on any atom is -0.497 e. The second kappa shape index (κ2) is 5.14. The molecule has 2 aromatic rings. The van der Waals surface area contributed by atoms with Crippen molar-refractivity contribution in [2.75, 3.05) is 20.2 Å². The zero-order valence-corrected chi connectivity index (χ0v) is 13.2. The number of aromatic amines is 1. The van der Waals surface area contributed by atoms with Crippen LogP contribution in [-0.2, 0) is 0 Å². The van der Waals surface area contributed by atoms with Crippen LogP contribution in [0, 0.1) is 4.77 Å². The highest BCUT2D eigenvalue weighted by molar-refractivity contribution is 7.71. The predicted octanol–water partition coefficient (Wildman–Crippen LogP) is 3.51. The minimum absolute atomic E-state index is 0.527. The third-order valence-corrected chi connectivity index (χ3v) is 5.38. The van der Waals surface area contributed by atoms with E-state index in [4.69, 9.17) is 17.0 Å². The standard InChI is InChI=1S/C16H21N3OS/c1-20-13-4-5-15-14(10-13)17-16(21)19(15)12-6-8-18-7-2-3-11(18)9-12/h4-5,10-12H,2-3,6-9H2,1H3,(H,17,21). The van der Waals surface area contributed by atoms with Gasteiger partial charge in [0.1, 0.15) is 5.75 Å². The van der Waals surface area contributed by atoms with E-state index in [1.54, 1.807) is 7.11 Å². The van der Waals surface area contributed by atoms with Crippen LogP contribution in [-0.4, -0.2) is 40.7 Å². The first-order chi connectivity index (χ1) is 10.3. The summed E-state index contributed by atoms with van der Waals surface area (Å²) >= 11 is 5.59. The van der Waals surface area contributed by atoms with E-state index in [2.05, 4.69) is 20.5 Å². The molecule has 2 aliphatic heterocycles. The normalized spacial score (nSPS) is 26.1. The van der Waals surface area contributed by atoms with E-state index >= 15 is 0 Å². The van der Waals surface area contributed by atoms with Crippen molar-refractivity contribution in [1.82, 2.24) is 14.5 Å². The number of aromatic nitrogens is 2. The number of hydrogen-bond acceptors (Lipinski definition) is 3. The minimum atomic E-state index is 0.527. The van der Waals surface area contributed by atoms with Crippen molar-refractivity contribution < 1.29 is 4.74 Å². The van der Waals surface area contributed by atoms with Gasteiger partial charge in [0.05, 0.1) is 18.1 Å². The lowest BCUT2D eigenvalue weighted by Crippen LogP contribution is -2.38. The molecule has 2 saturated heterocycles. The number of H-pyrrole nitrogens is 1. The Balaban J connectivity index is 1.72. The second-order valence-corrected chi connectivity index (χ2v) is 6.58. The number of methoxy groups -OCH3 is 1. The number of hydrogen-bond donors (Lipinski definition) is 1. The molecule has 0 bridgehead atoms. The summed E-state index contributed by atoms with van der Waals surface area (Å²) in [4.78, 5) is 5.99. The number of nitrogens with zero attached hydrogens (tertiary/aromatic N) is 2. The zero-order valence-electron chi connectivity index (χ0n) is 12.3. The fourth-order valence-electron chi connectivity index (χ4n) is 4.04. The molecule has 4 nitrogen and oxygen atoms in total. The van der Waals surface area contributed by atoms with Gasteiger partial charge < -0.3 is 19.2 Å². The van der Waals surface area contributed by atoms with Gasteiger partial charge in [-0.2, -0.15) is 0 Å². The van der Waals surface area contributed by atoms with E-state index in [-0.39, 0.29) is 0 Å². The van der Waals surface area contributed by atoms with Crippen molar-refractivity contribution in [1.29, 1.82) is 0 Å². The van der Waals surface area contributed by atoms with Crippen LogP contribution in [0.4, 0.5) is 0 Å². The Morgan fingerprint density at radius 2 is 2.14 bits per heavy atom. The Kier molecular flexibility index (Phi) is 3.27. The lowest BCUT2D eigenvalue weighted by Gasteiger charge is -2.35. The van der Waals surface area contributed by atoms with Gasteiger partial charge in [0.15, 0.2) is 4.77 Å². The van der Waals surface area contributed by atoms with Gasteiger partial charge in [0.25, 0.3) is 0 Å². The molecular weight excluding hydrogens is 282 g/mol. The third kappa shape index (κ3) is 2.19. The SMILES string of the molecule is COc1ccc2c(c1)[nH]c(=S)n2C1CCN2CCCC2C1. The Bertz CT molecular complexity index is 720. The van der Waals surface area contributed by atoms with Crippen molar-refractivity contribution >= 4 is 23.3 Å². The summed E-state index contributed by atoms with van der Waals surface area (Å²) in [6.07, 6.45) is 5.13. The quantitative estimate of drug-likeness (QED) is 0.862. The number of benzene rings is 1. The first-order valence-corrected chi connectivity index (χ1v) is 8.19. The molecule has 0 amide bonds. The van der Waals surface area contributed by atoms with Crippen molar-refractivity contribution in [3.63, 3.8) is 0 Å². The van der Waals surface area contributed by atoms with Crippen LogP contribution in [0.3, 0.4) is 0 Å². The number of piperidine rings is 1. The molecule has 1 aromatic carbocycles. The molecule has 4 rings (SSSR count). The van der Waals surface area contributed by atoms with Crippen LogP contribution in [0.5, 0.6) is 5.75 Å². The Morgan fingerprint density at radius 3 is 3.00 bits per heavy atom. The molecule has 3 heterocycles. The maximum Gasteiger partial charge on any atom is 0.178 e. The maximum atomic E-state index is 5.59. The highest BCUT2D eigenvalue weighted by Crippen LogP contribution is 2.35. The molecule has 2 aliphatic rings. The van der Waals surface area contributed by atoms with E-state index in [1.807, 2.05) is 12.1 Å². The lowest BCUT2D eigenvalue weighted by molar-refractivity contribution is 0.156. The smallest absolute Gasteiger partial charge is 0.178 e. The van der Waals surface area contributed by atoms with Crippen molar-refractivity contribution in [2.45, 2.75) is 37.8 Å². The van der Waals surface area contributed by atoms with Gasteiger partial charge in [-0.1, -0.05) is 0 Å². The van der Waals surface area contributed by atoms with Gasteiger partial charge in [0.2, 0.25) is 0 Å². The van der Waals surface area contributed by atoms with Crippen LogP contribution >= 0.6 is 12.2 Å². The van der Waals surface area contributed by atoms with E-state index in [1.165, 1.54) is 44.3 Å². The van der Waals surface area contributed by atoms with Crippen LogP contribution in [0.2, 0.25) is 0 Å². The van der Waals surface area contributed by atoms with Crippen molar-refractivity contribution in [3.8, 4) is 5.75 Å². The van der Waals surface area contributed by atoms with Gasteiger partial charge in [-0.05, 0) is 56.6 Å². The Labute approximate surface area is 129 Å². The average Bonchev–Trinajstić information content (AvgIpc) is 3.08. The van der Waals surface area contributed by atoms with Crippen LogP contribution in [0.25, 0.3) is 11.0 Å². The summed E-state index contributed by atoms with van der Waals surface area (Å²) < 4.78 is 8.48. The van der Waals surface area contributed by atoms with Gasteiger partial charge in [-0.3, -0.25) is 0 Å². The molecule has 5 heteroatoms. The largest absolute Gasteiger partial charge is 0.497 e. The topological polar surface area (TPSA) is 33.2 Å². The fourth-order valence-corrected chi connectivity index (χ4v) is 4.39. The molecular formula is C16H21N3OS. The number of ether oxygens (including phenoxy) is 1. The van der Waals surface area contributed by atoms with Crippen LogP contribution in [0.1, 0.15) is 31.7 Å². The molecule has 0 spiro atoms. The summed E-state index contributed by atoms with van der Waals surface area (Å²) in [5, 5.41) is 0. The zero-order chi connectivity index (χ0) is 14.4. The molecule has 2 fully saturated rings. The molecule has 0 aliphatic carbocycles. The third-order valence-electron chi connectivity index (χ3n) is 5.08. The number of nitrogens with one attached hydrogen (secondary N) is 1. The summed E-state index contributed by atoms with van der Waals surface area (Å²) in [5.74, 6) is 0.872. The van der Waals surface area contributed by atoms with Gasteiger partial charge in [0, 0.05) is 24.7 Å². The summed E-state index contributed by atoms with van der Waals surface area (Å²) in [7, 11) is 1.70. The Hall–Kier alpha value is -1.33. The van der Waals surface area contributed by atoms with Gasteiger partial charge in [-0.15, -0.1) is 0 Å². The Morgan fingerprint density at radius 1 is 1.24 bits per heavy atom. The summed E-state index contributed by atoms with van der Waals surface area (Å²) in [6.45, 7) is 2.49. The fraction of sp³-hybridized carbons (Fsp3) is 0.562. The molecule has 21 heavy (non-hydrogen) atoms. The van der Waals surface area contributed by atoms with Crippen molar-refractivity contribution in [3.05, 3.63) is 23.0 Å². The second-order valence-electron chi connectivity index (χ2n) is 6.19. The molecule has 2 unspecified atom stereocenters. The molecule has 0 saturated carbocycles. The number of rotatable bonds is 2. The molecule has 112 valence electrons. The maximum absolute atomic E-state index is 5.59. The molecule has 1 N–H and O–H groups in total. The predicted molar refractivity (Wildman–Crippen MR) is 86.5 cm³/mol. The van der Waals surface area contributed by atoms with E-state index in [0.29, 0.717) is 6.04 Å². The van der Waals surface area contributed by atoms with Gasteiger partial charge in [-0.25, -0.2) is 0 Å². The van der Waals surface area contributed by atoms with E-state index < -0.39 is 0 Å². The number of imidazole rings is 1. The van der Waals surface area contributed by atoms with Crippen molar-refractivity contribution in [2.24, 2.45) is 0 Å². The van der Waals surface area contributed by atoms with E-state index in [0.717, 1.165) is 22.1 Å². The van der Waals surface area contributed by atoms with Gasteiger partial charge >= 0.3 is 0 Å². The highest BCUT2D eigenvalue weighted by Gasteiger charge is 2.33. The molecule has 1 aromatic heterocycles. The van der Waals surface area contributed by atoms with E-state index in [9.17, 15) is 0 Å². The van der Waals surface area contributed by atoms with Crippen LogP contribution in [0.15, 0.2) is 18.2 Å². The lowest BCUT2D eigenvalue weighted by atomic mass is 9.97. The average molecular weight is 303 g/mol. The molecule has 0 radical (unpaired) electrons. The summed E-state index contributed by atoms with van der Waals surface area (Å²) in [6, 6.07) is 7.47. The first-order valence-electron chi connectivity index (χ1n) is 7.78. The molecule has 2 atom stereocenters. The van der Waals surface area contributed by atoms with Crippen LogP contribution < -0.4 is 4.74 Å². The number of fused-ring (bicyclic) bond motifs is 2. The monoisotopic (exact) mass is 303 g/mol. The first kappa shape index (κ1) is 13.3. The highest BCUT2D eigenvalue weighted by atomic mass is 32.1.